The third-order valence-corrected chi connectivity index (χ3v) is 10.3. The zero-order chi connectivity index (χ0) is 27.9. The van der Waals surface area contributed by atoms with Gasteiger partial charge in [-0.15, -0.1) is 0 Å². The van der Waals surface area contributed by atoms with E-state index in [-0.39, 0.29) is 71.2 Å². The molecule has 4 saturated carbocycles. The second-order valence-electron chi connectivity index (χ2n) is 13.7. The lowest BCUT2D eigenvalue weighted by molar-refractivity contribution is -0.864. The molecule has 0 amide bonds. The van der Waals surface area contributed by atoms with Crippen LogP contribution in [0, 0.1) is 46.3 Å². The molecule has 0 saturated heterocycles. The number of nitrogens with zero attached hydrogens (tertiary/aromatic N) is 1. The number of carboxylic acids is 2. The molecular weight excluding hydrogens is 474 g/mol. The molecular formula is C29H45NO7. The molecule has 8 heteroatoms. The maximum Gasteiger partial charge on any atom is 0.303 e. The summed E-state index contributed by atoms with van der Waals surface area (Å²) in [4.78, 5) is 59.9. The molecule has 4 aliphatic rings. The summed E-state index contributed by atoms with van der Waals surface area (Å²) >= 11 is 0. The minimum absolute atomic E-state index is 0.0659. The average molecular weight is 520 g/mol. The van der Waals surface area contributed by atoms with E-state index < -0.39 is 17.4 Å². The maximum absolute atomic E-state index is 13.6. The van der Waals surface area contributed by atoms with Gasteiger partial charge in [0.05, 0.1) is 27.1 Å². The van der Waals surface area contributed by atoms with Gasteiger partial charge in [-0.2, -0.15) is 0 Å². The topological polar surface area (TPSA) is 129 Å². The molecule has 8 atom stereocenters. The number of likely N-dealkylation sites (N-methyl/N-ethyl adjacent to an activating group) is 1. The van der Waals surface area contributed by atoms with Gasteiger partial charge in [-0.25, -0.2) is 0 Å². The van der Waals surface area contributed by atoms with Crippen molar-refractivity contribution in [2.45, 2.75) is 78.6 Å². The summed E-state index contributed by atoms with van der Waals surface area (Å²) in [5.74, 6) is -0.479. The summed E-state index contributed by atoms with van der Waals surface area (Å²) in [7, 11) is 5.40. The highest BCUT2D eigenvalue weighted by molar-refractivity contribution is 5.93. The van der Waals surface area contributed by atoms with E-state index in [4.69, 9.17) is 5.11 Å². The molecule has 1 N–H and O–H groups in total. The molecule has 0 aromatic rings. The number of hydrogen-bond donors (Lipinski definition) is 1. The predicted molar refractivity (Wildman–Crippen MR) is 135 cm³/mol. The van der Waals surface area contributed by atoms with E-state index in [1.165, 1.54) is 0 Å². The van der Waals surface area contributed by atoms with Crippen molar-refractivity contribution in [3.05, 3.63) is 0 Å². The van der Waals surface area contributed by atoms with Crippen LogP contribution in [0.2, 0.25) is 0 Å². The molecule has 0 radical (unpaired) electrons. The Morgan fingerprint density at radius 3 is 2.24 bits per heavy atom. The molecule has 0 heterocycles. The third-order valence-electron chi connectivity index (χ3n) is 10.3. The number of rotatable bonds is 6. The largest absolute Gasteiger partial charge is 0.544 e. The van der Waals surface area contributed by atoms with Gasteiger partial charge in [-0.05, 0) is 60.7 Å². The Morgan fingerprint density at radius 2 is 1.70 bits per heavy atom. The standard InChI is InChI=1S/C24H34O5.C5H11NO2/c1-13(4-7-21(28)29)16-5-6-17-22-18(12-20(27)24(16,17)3)23(2)9-8-15(25)10-14(23)11-19(22)26;1-6(2,3)4-5(7)8/h13-14,16-18,22H,4-12H2,1-3H3,(H,28,29);4H2,1-3H3/t13-,14?,16-,17+,18+,22+,23+,24-;/m1./s1. The van der Waals surface area contributed by atoms with E-state index in [2.05, 4.69) is 20.8 Å². The number of ketones is 3. The number of hydrogen-bond acceptors (Lipinski definition) is 6. The number of quaternary nitrogens is 1. The zero-order valence-electron chi connectivity index (χ0n) is 23.4. The Hall–Kier alpha value is -2.09. The third kappa shape index (κ3) is 5.84. The molecule has 8 nitrogen and oxygen atoms in total. The summed E-state index contributed by atoms with van der Waals surface area (Å²) in [5, 5.41) is 19.0. The Bertz CT molecular complexity index is 952. The van der Waals surface area contributed by atoms with Crippen molar-refractivity contribution in [1.82, 2.24) is 0 Å². The molecule has 4 rings (SSSR count). The van der Waals surface area contributed by atoms with Crippen molar-refractivity contribution >= 4 is 29.3 Å². The van der Waals surface area contributed by atoms with Gasteiger partial charge in [-0.1, -0.05) is 20.8 Å². The highest BCUT2D eigenvalue weighted by Crippen LogP contribution is 2.66. The highest BCUT2D eigenvalue weighted by Gasteiger charge is 2.66. The van der Waals surface area contributed by atoms with Crippen LogP contribution in [0.15, 0.2) is 0 Å². The second kappa shape index (κ2) is 10.6. The molecule has 4 aliphatic carbocycles. The molecule has 0 spiro atoms. The van der Waals surface area contributed by atoms with Gasteiger partial charge in [0.1, 0.15) is 23.9 Å². The smallest absolute Gasteiger partial charge is 0.303 e. The minimum atomic E-state index is -1.00. The number of Topliss-reactive ketones (excluding diaryl/α,β-unsaturated/α-hetero) is 3. The van der Waals surface area contributed by atoms with Crippen molar-refractivity contribution in [2.24, 2.45) is 46.3 Å². The average Bonchev–Trinajstić information content (AvgIpc) is 3.11. The lowest BCUT2D eigenvalue weighted by Gasteiger charge is -2.58. The van der Waals surface area contributed by atoms with Gasteiger partial charge < -0.3 is 19.5 Å². The number of fused-ring (bicyclic) bond motifs is 5. The van der Waals surface area contributed by atoms with E-state index in [1.54, 1.807) is 21.1 Å². The van der Waals surface area contributed by atoms with Crippen LogP contribution in [0.3, 0.4) is 0 Å². The second-order valence-corrected chi connectivity index (χ2v) is 13.7. The molecule has 0 bridgehead atoms. The lowest BCUT2D eigenvalue weighted by atomic mass is 9.44. The first-order valence-electron chi connectivity index (χ1n) is 13.8. The Balaban J connectivity index is 0.000000414. The number of carbonyl (C=O) groups excluding carboxylic acids is 4. The quantitative estimate of drug-likeness (QED) is 0.534. The van der Waals surface area contributed by atoms with Crippen molar-refractivity contribution in [3.63, 3.8) is 0 Å². The first-order valence-corrected chi connectivity index (χ1v) is 13.8. The van der Waals surface area contributed by atoms with Crippen LogP contribution in [-0.2, 0) is 24.0 Å². The monoisotopic (exact) mass is 519 g/mol. The van der Waals surface area contributed by atoms with Crippen molar-refractivity contribution in [3.8, 4) is 0 Å². The fraction of sp³-hybridized carbons (Fsp3) is 0.828. The number of carboxylic acid groups (broad SMARTS) is 2. The number of aliphatic carboxylic acids is 2. The van der Waals surface area contributed by atoms with Gasteiger partial charge >= 0.3 is 5.97 Å². The molecule has 208 valence electrons. The van der Waals surface area contributed by atoms with Gasteiger partial charge in [0, 0.05) is 43.4 Å². The molecule has 0 aromatic carbocycles. The van der Waals surface area contributed by atoms with Crippen LogP contribution in [0.4, 0.5) is 0 Å². The summed E-state index contributed by atoms with van der Waals surface area (Å²) in [6.07, 6.45) is 5.33. The van der Waals surface area contributed by atoms with Crippen LogP contribution in [0.25, 0.3) is 0 Å². The van der Waals surface area contributed by atoms with Gasteiger partial charge in [0.2, 0.25) is 0 Å². The fourth-order valence-electron chi connectivity index (χ4n) is 8.33. The number of carbonyl (C=O) groups is 5. The Morgan fingerprint density at radius 1 is 1.05 bits per heavy atom. The van der Waals surface area contributed by atoms with Crippen LogP contribution >= 0.6 is 0 Å². The van der Waals surface area contributed by atoms with Crippen LogP contribution in [0.1, 0.15) is 78.6 Å². The lowest BCUT2D eigenvalue weighted by Crippen LogP contribution is -2.60. The summed E-state index contributed by atoms with van der Waals surface area (Å²) in [6, 6.07) is 0. The summed E-state index contributed by atoms with van der Waals surface area (Å²) in [6.45, 7) is 6.44. The van der Waals surface area contributed by atoms with Crippen LogP contribution in [-0.4, -0.2) is 66.6 Å². The molecule has 37 heavy (non-hydrogen) atoms. The van der Waals surface area contributed by atoms with E-state index >= 15 is 0 Å². The summed E-state index contributed by atoms with van der Waals surface area (Å²) in [5.41, 5.74) is -0.598. The molecule has 4 fully saturated rings. The van der Waals surface area contributed by atoms with E-state index in [9.17, 15) is 29.1 Å². The van der Waals surface area contributed by atoms with Crippen molar-refractivity contribution < 1.29 is 38.7 Å². The van der Waals surface area contributed by atoms with E-state index in [0.717, 1.165) is 19.3 Å². The van der Waals surface area contributed by atoms with Crippen molar-refractivity contribution in [2.75, 3.05) is 27.7 Å². The normalized spacial score (nSPS) is 38.0. The predicted octanol–water partition coefficient (Wildman–Crippen LogP) is 2.52. The zero-order valence-corrected chi connectivity index (χ0v) is 23.4. The minimum Gasteiger partial charge on any atom is -0.544 e. The van der Waals surface area contributed by atoms with Gasteiger partial charge in [0.25, 0.3) is 0 Å². The van der Waals surface area contributed by atoms with Crippen molar-refractivity contribution in [1.29, 1.82) is 0 Å². The molecule has 1 unspecified atom stereocenters. The van der Waals surface area contributed by atoms with E-state index in [0.29, 0.717) is 36.6 Å². The fourth-order valence-corrected chi connectivity index (χ4v) is 8.33. The maximum atomic E-state index is 13.6. The first-order chi connectivity index (χ1) is 17.0. The van der Waals surface area contributed by atoms with E-state index in [1.807, 2.05) is 0 Å². The van der Waals surface area contributed by atoms with Gasteiger partial charge in [0.15, 0.2) is 0 Å². The van der Waals surface area contributed by atoms with Gasteiger partial charge in [-0.3, -0.25) is 19.2 Å². The Labute approximate surface area is 220 Å². The summed E-state index contributed by atoms with van der Waals surface area (Å²) < 4.78 is 0.419. The Kier molecular flexibility index (Phi) is 8.43. The molecule has 0 aliphatic heterocycles. The molecule has 0 aromatic heterocycles. The first kappa shape index (κ1) is 29.5. The highest BCUT2D eigenvalue weighted by atomic mass is 16.4. The van der Waals surface area contributed by atoms with Crippen LogP contribution < -0.4 is 5.11 Å². The van der Waals surface area contributed by atoms with Crippen LogP contribution in [0.5, 0.6) is 0 Å². The SMILES string of the molecule is C[C@H](CCC(=O)O)[C@H]1CC[C@H]2[C@@H]3C(=O)CC4CC(=O)CC[C@]4(C)[C@H]3CC(=O)[C@]12C.C[N+](C)(C)CC(=O)[O-].